The largest absolute Gasteiger partial charge is 0.473 e. The lowest BCUT2D eigenvalue weighted by Crippen LogP contribution is -2.39. The van der Waals surface area contributed by atoms with Crippen LogP contribution in [-0.4, -0.2) is 50.4 Å². The summed E-state index contributed by atoms with van der Waals surface area (Å²) in [7, 11) is 1.40. The van der Waals surface area contributed by atoms with Crippen LogP contribution in [-0.2, 0) is 6.18 Å². The number of hydrogen-bond donors (Lipinski definition) is 0. The number of likely N-dealkylation sites (N-methyl/N-ethyl adjacent to an activating group) is 1. The summed E-state index contributed by atoms with van der Waals surface area (Å²) in [4.78, 5) is 29.4. The van der Waals surface area contributed by atoms with E-state index in [1.165, 1.54) is 24.3 Å². The molecule has 1 amide bonds. The van der Waals surface area contributed by atoms with Gasteiger partial charge in [-0.05, 0) is 25.1 Å². The molecule has 12 heteroatoms. The zero-order valence-electron chi connectivity index (χ0n) is 16.8. The van der Waals surface area contributed by atoms with Gasteiger partial charge in [-0.1, -0.05) is 0 Å². The van der Waals surface area contributed by atoms with Gasteiger partial charge in [0.2, 0.25) is 5.88 Å². The number of nitrogens with zero attached hydrogens (tertiary/aromatic N) is 5. The van der Waals surface area contributed by atoms with E-state index in [9.17, 15) is 26.7 Å². The quantitative estimate of drug-likeness (QED) is 0.529. The number of aromatic nitrogens is 4. The first-order chi connectivity index (χ1) is 15.1. The van der Waals surface area contributed by atoms with Crippen molar-refractivity contribution in [3.8, 4) is 17.4 Å². The van der Waals surface area contributed by atoms with E-state index in [4.69, 9.17) is 4.74 Å². The standard InChI is InChI=1S/C20H16F5N5O2/c1-11(10-32-18-15(22)6-12(8-29-18)20(23,24)25)30(2)19(31)14-7-13(21)9-28-16(14)17-26-4-3-5-27-17/h3-9,11H,10H2,1-2H3/t11-/m0/s1. The summed E-state index contributed by atoms with van der Waals surface area (Å²) < 4.78 is 70.7. The van der Waals surface area contributed by atoms with Crippen LogP contribution in [0.25, 0.3) is 11.5 Å². The molecule has 168 valence electrons. The third-order valence-electron chi connectivity index (χ3n) is 4.44. The highest BCUT2D eigenvalue weighted by Crippen LogP contribution is 2.30. The number of pyridine rings is 2. The Morgan fingerprint density at radius 2 is 1.78 bits per heavy atom. The normalized spacial score (nSPS) is 12.3. The molecule has 0 saturated carbocycles. The van der Waals surface area contributed by atoms with E-state index in [2.05, 4.69) is 19.9 Å². The Labute approximate surface area is 178 Å². The van der Waals surface area contributed by atoms with Crippen LogP contribution < -0.4 is 4.74 Å². The third-order valence-corrected chi connectivity index (χ3v) is 4.44. The first-order valence-electron chi connectivity index (χ1n) is 9.13. The molecular formula is C20H16F5N5O2. The summed E-state index contributed by atoms with van der Waals surface area (Å²) in [6.07, 6.45) is -0.497. The van der Waals surface area contributed by atoms with Crippen molar-refractivity contribution in [3.05, 3.63) is 65.7 Å². The monoisotopic (exact) mass is 453 g/mol. The first-order valence-corrected chi connectivity index (χ1v) is 9.13. The Kier molecular flexibility index (Phi) is 6.61. The average molecular weight is 453 g/mol. The van der Waals surface area contributed by atoms with Crippen molar-refractivity contribution in [1.29, 1.82) is 0 Å². The molecular weight excluding hydrogens is 437 g/mol. The van der Waals surface area contributed by atoms with Crippen molar-refractivity contribution in [2.24, 2.45) is 0 Å². The number of ether oxygens (including phenoxy) is 1. The van der Waals surface area contributed by atoms with Gasteiger partial charge in [0, 0.05) is 25.6 Å². The van der Waals surface area contributed by atoms with Crippen molar-refractivity contribution in [1.82, 2.24) is 24.8 Å². The Balaban J connectivity index is 1.75. The fourth-order valence-corrected chi connectivity index (χ4v) is 2.59. The number of alkyl halides is 3. The lowest BCUT2D eigenvalue weighted by atomic mass is 10.1. The van der Waals surface area contributed by atoms with E-state index in [1.807, 2.05) is 0 Å². The molecule has 0 radical (unpaired) electrons. The second-order valence-corrected chi connectivity index (χ2v) is 6.71. The molecule has 3 rings (SSSR count). The van der Waals surface area contributed by atoms with Gasteiger partial charge in [-0.2, -0.15) is 13.2 Å². The van der Waals surface area contributed by atoms with Gasteiger partial charge in [-0.15, -0.1) is 0 Å². The molecule has 0 N–H and O–H groups in total. The Morgan fingerprint density at radius 3 is 2.41 bits per heavy atom. The van der Waals surface area contributed by atoms with Gasteiger partial charge in [-0.3, -0.25) is 4.79 Å². The highest BCUT2D eigenvalue weighted by atomic mass is 19.4. The van der Waals surface area contributed by atoms with Crippen LogP contribution in [0.1, 0.15) is 22.8 Å². The maximum Gasteiger partial charge on any atom is 0.417 e. The van der Waals surface area contributed by atoms with Crippen molar-refractivity contribution in [2.45, 2.75) is 19.1 Å². The zero-order chi connectivity index (χ0) is 23.5. The Morgan fingerprint density at radius 1 is 1.09 bits per heavy atom. The van der Waals surface area contributed by atoms with Crippen molar-refractivity contribution < 1.29 is 31.5 Å². The van der Waals surface area contributed by atoms with E-state index in [1.54, 1.807) is 13.0 Å². The average Bonchev–Trinajstić information content (AvgIpc) is 2.76. The molecule has 0 aliphatic rings. The number of carbonyl (C=O) groups excluding carboxylic acids is 1. The molecule has 7 nitrogen and oxygen atoms in total. The second kappa shape index (κ2) is 9.20. The highest BCUT2D eigenvalue weighted by Gasteiger charge is 2.32. The minimum absolute atomic E-state index is 0.0624. The lowest BCUT2D eigenvalue weighted by molar-refractivity contribution is -0.138. The molecule has 0 aliphatic heterocycles. The predicted molar refractivity (Wildman–Crippen MR) is 101 cm³/mol. The molecule has 0 unspecified atom stereocenters. The third kappa shape index (κ3) is 5.13. The maximum absolute atomic E-state index is 13.9. The number of amides is 1. The van der Waals surface area contributed by atoms with E-state index in [-0.39, 0.29) is 29.8 Å². The van der Waals surface area contributed by atoms with Gasteiger partial charge in [0.05, 0.1) is 23.4 Å². The molecule has 3 aromatic rings. The van der Waals surface area contributed by atoms with E-state index in [0.29, 0.717) is 6.20 Å². The van der Waals surface area contributed by atoms with Gasteiger partial charge in [0.25, 0.3) is 5.91 Å². The van der Waals surface area contributed by atoms with Gasteiger partial charge < -0.3 is 9.64 Å². The SMILES string of the molecule is C[C@@H](COc1ncc(C(F)(F)F)cc1F)N(C)C(=O)c1cc(F)cnc1-c1ncccn1. The van der Waals surface area contributed by atoms with Crippen LogP contribution in [0.2, 0.25) is 0 Å². The van der Waals surface area contributed by atoms with Crippen molar-refractivity contribution >= 4 is 5.91 Å². The summed E-state index contributed by atoms with van der Waals surface area (Å²) in [5.74, 6) is -3.21. The van der Waals surface area contributed by atoms with Crippen LogP contribution in [0.3, 0.4) is 0 Å². The van der Waals surface area contributed by atoms with Crippen molar-refractivity contribution in [3.63, 3.8) is 0 Å². The molecule has 32 heavy (non-hydrogen) atoms. The number of rotatable bonds is 6. The van der Waals surface area contributed by atoms with E-state index in [0.717, 1.165) is 12.3 Å². The van der Waals surface area contributed by atoms with Gasteiger partial charge >= 0.3 is 6.18 Å². The molecule has 0 saturated heterocycles. The van der Waals surface area contributed by atoms with Crippen LogP contribution in [0.5, 0.6) is 5.88 Å². The van der Waals surface area contributed by atoms with Crippen LogP contribution in [0, 0.1) is 11.6 Å². The Bertz CT molecular complexity index is 1110. The summed E-state index contributed by atoms with van der Waals surface area (Å²) in [5, 5.41) is 0. The summed E-state index contributed by atoms with van der Waals surface area (Å²) in [5.41, 5.74) is -1.30. The first kappa shape index (κ1) is 23.0. The molecule has 0 aliphatic carbocycles. The van der Waals surface area contributed by atoms with Crippen molar-refractivity contribution in [2.75, 3.05) is 13.7 Å². The minimum atomic E-state index is -4.74. The number of carbonyl (C=O) groups is 1. The lowest BCUT2D eigenvalue weighted by Gasteiger charge is -2.25. The molecule has 0 aromatic carbocycles. The maximum atomic E-state index is 13.9. The fraction of sp³-hybridized carbons (Fsp3) is 0.250. The van der Waals surface area contributed by atoms with Crippen LogP contribution >= 0.6 is 0 Å². The summed E-state index contributed by atoms with van der Waals surface area (Å²) in [6.45, 7) is 1.25. The minimum Gasteiger partial charge on any atom is -0.473 e. The second-order valence-electron chi connectivity index (χ2n) is 6.71. The fourth-order valence-electron chi connectivity index (χ4n) is 2.59. The molecule has 0 bridgehead atoms. The molecule has 3 aromatic heterocycles. The van der Waals surface area contributed by atoms with E-state index >= 15 is 0 Å². The predicted octanol–water partition coefficient (Wildman–Crippen LogP) is 3.77. The van der Waals surface area contributed by atoms with Crippen LogP contribution in [0.15, 0.2) is 43.0 Å². The zero-order valence-corrected chi connectivity index (χ0v) is 16.8. The highest BCUT2D eigenvalue weighted by molar-refractivity contribution is 5.99. The molecule has 3 heterocycles. The summed E-state index contributed by atoms with van der Waals surface area (Å²) >= 11 is 0. The topological polar surface area (TPSA) is 81.1 Å². The number of hydrogen-bond acceptors (Lipinski definition) is 6. The molecule has 1 atom stereocenters. The van der Waals surface area contributed by atoms with Gasteiger partial charge in [0.1, 0.15) is 18.1 Å². The van der Waals surface area contributed by atoms with Crippen LogP contribution in [0.4, 0.5) is 22.0 Å². The molecule has 0 fully saturated rings. The van der Waals surface area contributed by atoms with Gasteiger partial charge in [0.15, 0.2) is 11.6 Å². The smallest absolute Gasteiger partial charge is 0.417 e. The molecule has 0 spiro atoms. The summed E-state index contributed by atoms with van der Waals surface area (Å²) in [6, 6.07) is 2.13. The van der Waals surface area contributed by atoms with Gasteiger partial charge in [-0.25, -0.2) is 28.7 Å². The Hall–Kier alpha value is -3.70. The number of halogens is 5. The van der Waals surface area contributed by atoms with E-state index < -0.39 is 41.2 Å².